The van der Waals surface area contributed by atoms with E-state index in [1.165, 1.54) is 0 Å². The SMILES string of the molecule is O[C@]1(c2ccccc2)CCN(Cc2ccc(N3CCCC3)c(F)c2)C1. The molecule has 2 fully saturated rings. The molecule has 2 aliphatic rings. The van der Waals surface area contributed by atoms with Gasteiger partial charge in [0.15, 0.2) is 0 Å². The first-order valence-corrected chi connectivity index (χ1v) is 9.18. The molecule has 2 aromatic carbocycles. The van der Waals surface area contributed by atoms with Crippen molar-refractivity contribution in [2.24, 2.45) is 0 Å². The van der Waals surface area contributed by atoms with Crippen LogP contribution in [0.2, 0.25) is 0 Å². The lowest BCUT2D eigenvalue weighted by atomic mass is 9.93. The van der Waals surface area contributed by atoms with Crippen LogP contribution < -0.4 is 4.90 Å². The van der Waals surface area contributed by atoms with Gasteiger partial charge in [0.2, 0.25) is 0 Å². The topological polar surface area (TPSA) is 26.7 Å². The summed E-state index contributed by atoms with van der Waals surface area (Å²) >= 11 is 0. The molecule has 0 radical (unpaired) electrons. The standard InChI is InChI=1S/C21H25FN2O/c22-19-14-17(8-9-20(19)24-11-4-5-12-24)15-23-13-10-21(25,16-23)18-6-2-1-3-7-18/h1-3,6-9,14,25H,4-5,10-13,15-16H2/t21-/m1/s1. The van der Waals surface area contributed by atoms with Crippen LogP contribution in [-0.2, 0) is 12.1 Å². The van der Waals surface area contributed by atoms with Gasteiger partial charge in [-0.15, -0.1) is 0 Å². The van der Waals surface area contributed by atoms with Gasteiger partial charge in [-0.05, 0) is 42.5 Å². The van der Waals surface area contributed by atoms with Gasteiger partial charge in [-0.25, -0.2) is 4.39 Å². The summed E-state index contributed by atoms with van der Waals surface area (Å²) in [6, 6.07) is 15.4. The van der Waals surface area contributed by atoms with Gasteiger partial charge in [-0.1, -0.05) is 36.4 Å². The first-order valence-electron chi connectivity index (χ1n) is 9.18. The number of hydrogen-bond donors (Lipinski definition) is 1. The van der Waals surface area contributed by atoms with Crippen molar-refractivity contribution in [1.82, 2.24) is 4.90 Å². The lowest BCUT2D eigenvalue weighted by Gasteiger charge is -2.24. The number of aliphatic hydroxyl groups is 1. The van der Waals surface area contributed by atoms with Crippen molar-refractivity contribution < 1.29 is 9.50 Å². The van der Waals surface area contributed by atoms with E-state index >= 15 is 0 Å². The van der Waals surface area contributed by atoms with Crippen LogP contribution in [0.25, 0.3) is 0 Å². The van der Waals surface area contributed by atoms with Crippen molar-refractivity contribution >= 4 is 5.69 Å². The lowest BCUT2D eigenvalue weighted by molar-refractivity contribution is 0.0453. The van der Waals surface area contributed by atoms with Crippen molar-refractivity contribution in [3.05, 3.63) is 65.5 Å². The molecule has 4 heteroatoms. The Kier molecular flexibility index (Phi) is 4.48. The molecule has 4 rings (SSSR count). The molecule has 132 valence electrons. The summed E-state index contributed by atoms with van der Waals surface area (Å²) in [4.78, 5) is 4.33. The molecule has 2 heterocycles. The number of benzene rings is 2. The van der Waals surface area contributed by atoms with Gasteiger partial charge < -0.3 is 10.0 Å². The number of rotatable bonds is 4. The number of anilines is 1. The second-order valence-corrected chi connectivity index (χ2v) is 7.34. The fourth-order valence-corrected chi connectivity index (χ4v) is 4.11. The van der Waals surface area contributed by atoms with Gasteiger partial charge in [0.05, 0.1) is 5.69 Å². The Bertz CT molecular complexity index is 730. The molecule has 0 aromatic heterocycles. The van der Waals surface area contributed by atoms with Crippen LogP contribution in [0.15, 0.2) is 48.5 Å². The van der Waals surface area contributed by atoms with Crippen molar-refractivity contribution in [3.8, 4) is 0 Å². The van der Waals surface area contributed by atoms with Crippen LogP contribution >= 0.6 is 0 Å². The van der Waals surface area contributed by atoms with E-state index in [1.54, 1.807) is 6.07 Å². The molecule has 0 bridgehead atoms. The Morgan fingerprint density at radius 1 is 1.00 bits per heavy atom. The molecule has 0 aliphatic carbocycles. The molecule has 2 aromatic rings. The molecule has 0 saturated carbocycles. The predicted octanol–water partition coefficient (Wildman–Crippen LogP) is 3.52. The van der Waals surface area contributed by atoms with Crippen molar-refractivity contribution in [2.45, 2.75) is 31.4 Å². The van der Waals surface area contributed by atoms with Crippen LogP contribution in [0, 0.1) is 5.82 Å². The maximum atomic E-state index is 14.5. The first kappa shape index (κ1) is 16.6. The smallest absolute Gasteiger partial charge is 0.146 e. The third kappa shape index (κ3) is 3.42. The fraction of sp³-hybridized carbons (Fsp3) is 0.429. The average Bonchev–Trinajstić information content (AvgIpc) is 3.27. The van der Waals surface area contributed by atoms with Crippen LogP contribution in [0.3, 0.4) is 0 Å². The van der Waals surface area contributed by atoms with E-state index in [-0.39, 0.29) is 5.82 Å². The zero-order valence-electron chi connectivity index (χ0n) is 14.5. The molecule has 0 unspecified atom stereocenters. The van der Waals surface area contributed by atoms with Crippen molar-refractivity contribution in [2.75, 3.05) is 31.1 Å². The quantitative estimate of drug-likeness (QED) is 0.922. The second-order valence-electron chi connectivity index (χ2n) is 7.34. The van der Waals surface area contributed by atoms with Crippen LogP contribution in [0.4, 0.5) is 10.1 Å². The van der Waals surface area contributed by atoms with Gasteiger partial charge in [0.1, 0.15) is 11.4 Å². The van der Waals surface area contributed by atoms with E-state index in [2.05, 4.69) is 9.80 Å². The van der Waals surface area contributed by atoms with Crippen molar-refractivity contribution in [1.29, 1.82) is 0 Å². The largest absolute Gasteiger partial charge is 0.384 e. The highest BCUT2D eigenvalue weighted by atomic mass is 19.1. The third-order valence-corrected chi connectivity index (χ3v) is 5.50. The van der Waals surface area contributed by atoms with E-state index in [9.17, 15) is 9.50 Å². The average molecular weight is 340 g/mol. The van der Waals surface area contributed by atoms with Crippen LogP contribution in [0.5, 0.6) is 0 Å². The van der Waals surface area contributed by atoms with Gasteiger partial charge in [0.25, 0.3) is 0 Å². The van der Waals surface area contributed by atoms with E-state index < -0.39 is 5.60 Å². The van der Waals surface area contributed by atoms with E-state index in [0.29, 0.717) is 19.5 Å². The predicted molar refractivity (Wildman–Crippen MR) is 98.1 cm³/mol. The van der Waals surface area contributed by atoms with Gasteiger partial charge in [-0.2, -0.15) is 0 Å². The summed E-state index contributed by atoms with van der Waals surface area (Å²) in [6.07, 6.45) is 3.01. The number of hydrogen-bond acceptors (Lipinski definition) is 3. The molecule has 2 saturated heterocycles. The van der Waals surface area contributed by atoms with Gasteiger partial charge in [-0.3, -0.25) is 4.90 Å². The summed E-state index contributed by atoms with van der Waals surface area (Å²) in [6.45, 7) is 3.98. The molecule has 0 spiro atoms. The summed E-state index contributed by atoms with van der Waals surface area (Å²) in [5.41, 5.74) is 1.87. The normalized spacial score (nSPS) is 24.2. The second kappa shape index (κ2) is 6.77. The Morgan fingerprint density at radius 2 is 1.76 bits per heavy atom. The minimum atomic E-state index is -0.796. The molecule has 0 amide bonds. The highest BCUT2D eigenvalue weighted by molar-refractivity contribution is 5.49. The Morgan fingerprint density at radius 3 is 2.48 bits per heavy atom. The Balaban J connectivity index is 1.44. The molecule has 1 atom stereocenters. The van der Waals surface area contributed by atoms with E-state index in [0.717, 1.165) is 49.3 Å². The Hall–Kier alpha value is -1.91. The van der Waals surface area contributed by atoms with E-state index in [1.807, 2.05) is 42.5 Å². The lowest BCUT2D eigenvalue weighted by Crippen LogP contribution is -2.30. The molecule has 25 heavy (non-hydrogen) atoms. The van der Waals surface area contributed by atoms with Gasteiger partial charge in [0, 0.05) is 32.7 Å². The Labute approximate surface area is 148 Å². The number of nitrogens with zero attached hydrogens (tertiary/aromatic N) is 2. The molecular formula is C21H25FN2O. The number of likely N-dealkylation sites (tertiary alicyclic amines) is 1. The highest BCUT2D eigenvalue weighted by Gasteiger charge is 2.37. The monoisotopic (exact) mass is 340 g/mol. The minimum Gasteiger partial charge on any atom is -0.384 e. The summed E-state index contributed by atoms with van der Waals surface area (Å²) in [5.74, 6) is -0.128. The van der Waals surface area contributed by atoms with E-state index in [4.69, 9.17) is 0 Å². The maximum absolute atomic E-state index is 14.5. The zero-order valence-corrected chi connectivity index (χ0v) is 14.5. The number of halogens is 1. The highest BCUT2D eigenvalue weighted by Crippen LogP contribution is 2.33. The summed E-state index contributed by atoms with van der Waals surface area (Å²) < 4.78 is 14.5. The summed E-state index contributed by atoms with van der Waals surface area (Å²) in [5, 5.41) is 10.9. The fourth-order valence-electron chi connectivity index (χ4n) is 4.11. The zero-order chi connectivity index (χ0) is 17.3. The van der Waals surface area contributed by atoms with Crippen LogP contribution in [0.1, 0.15) is 30.4 Å². The van der Waals surface area contributed by atoms with Gasteiger partial charge >= 0.3 is 0 Å². The molecular weight excluding hydrogens is 315 g/mol. The maximum Gasteiger partial charge on any atom is 0.146 e. The number of β-amino-alcohol motifs (C(OH)–C–C–N with tert-alkyl or cyclic N) is 1. The molecule has 3 nitrogen and oxygen atoms in total. The molecule has 2 aliphatic heterocycles. The minimum absolute atomic E-state index is 0.128. The van der Waals surface area contributed by atoms with Crippen LogP contribution in [-0.4, -0.2) is 36.2 Å². The molecule has 1 N–H and O–H groups in total. The van der Waals surface area contributed by atoms with Crippen molar-refractivity contribution in [3.63, 3.8) is 0 Å². The third-order valence-electron chi connectivity index (χ3n) is 5.50. The first-order chi connectivity index (χ1) is 12.1. The summed E-state index contributed by atoms with van der Waals surface area (Å²) in [7, 11) is 0.